The van der Waals surface area contributed by atoms with Gasteiger partial charge in [0.1, 0.15) is 17.2 Å². The van der Waals surface area contributed by atoms with Crippen molar-refractivity contribution in [2.75, 3.05) is 0 Å². The van der Waals surface area contributed by atoms with Crippen molar-refractivity contribution in [2.45, 2.75) is 0 Å². The number of hydrogen-bond donors (Lipinski definition) is 0. The quantitative estimate of drug-likeness (QED) is 0.203. The molecule has 7 aromatic carbocycles. The maximum Gasteiger partial charge on any atom is 0.136 e. The number of aromatic nitrogens is 2. The van der Waals surface area contributed by atoms with Gasteiger partial charge in [0.05, 0.1) is 33.3 Å². The van der Waals surface area contributed by atoms with Crippen molar-refractivity contribution < 1.29 is 4.42 Å². The average molecular weight is 600 g/mol. The summed E-state index contributed by atoms with van der Waals surface area (Å²) in [7, 11) is 0. The molecule has 47 heavy (non-hydrogen) atoms. The Morgan fingerprint density at radius 1 is 0.426 bits per heavy atom. The van der Waals surface area contributed by atoms with Gasteiger partial charge in [0.25, 0.3) is 0 Å². The van der Waals surface area contributed by atoms with Crippen LogP contribution in [0.2, 0.25) is 0 Å². The van der Waals surface area contributed by atoms with Gasteiger partial charge in [0.15, 0.2) is 0 Å². The van der Waals surface area contributed by atoms with E-state index in [2.05, 4.69) is 143 Å². The minimum Gasteiger partial charge on any atom is -0.456 e. The molecule has 10 aromatic rings. The van der Waals surface area contributed by atoms with Gasteiger partial charge in [-0.25, -0.2) is 0 Å². The third kappa shape index (κ3) is 3.69. The molecule has 4 heteroatoms. The number of rotatable bonds is 3. The molecule has 0 aliphatic rings. The van der Waals surface area contributed by atoms with E-state index in [1.807, 2.05) is 24.3 Å². The number of fused-ring (bicyclic) bond motifs is 9. The second kappa shape index (κ2) is 9.71. The molecule has 0 N–H and O–H groups in total. The van der Waals surface area contributed by atoms with E-state index in [9.17, 15) is 5.26 Å². The molecule has 0 unspecified atom stereocenters. The minimum atomic E-state index is 0.618. The molecule has 0 bridgehead atoms. The Labute approximate surface area is 269 Å². The van der Waals surface area contributed by atoms with E-state index >= 15 is 0 Å². The van der Waals surface area contributed by atoms with E-state index in [0.717, 1.165) is 66.2 Å². The summed E-state index contributed by atoms with van der Waals surface area (Å²) in [6.45, 7) is 0. The first-order chi connectivity index (χ1) is 23.3. The van der Waals surface area contributed by atoms with Gasteiger partial charge in [-0.1, -0.05) is 91.0 Å². The normalized spacial score (nSPS) is 11.8. The summed E-state index contributed by atoms with van der Waals surface area (Å²) in [5, 5.41) is 17.2. The zero-order chi connectivity index (χ0) is 31.1. The van der Waals surface area contributed by atoms with Crippen molar-refractivity contribution in [2.24, 2.45) is 0 Å². The molecule has 0 fully saturated rings. The van der Waals surface area contributed by atoms with Crippen LogP contribution in [-0.4, -0.2) is 9.13 Å². The maximum atomic E-state index is 10.4. The SMILES string of the molecule is N#Cc1ccc(-c2cccc(-n3c4ccccc4c4ccccc43)c2)cc1-n1c2ccccc2c2cc3oc4ccccc4c3cc21. The van der Waals surface area contributed by atoms with Gasteiger partial charge in [-0.05, 0) is 71.8 Å². The van der Waals surface area contributed by atoms with Gasteiger partial charge in [-0.15, -0.1) is 0 Å². The minimum absolute atomic E-state index is 0.618. The van der Waals surface area contributed by atoms with Gasteiger partial charge in [0, 0.05) is 38.0 Å². The number of nitrogens with zero attached hydrogens (tertiary/aromatic N) is 3. The number of benzene rings is 7. The van der Waals surface area contributed by atoms with Gasteiger partial charge >= 0.3 is 0 Å². The lowest BCUT2D eigenvalue weighted by molar-refractivity contribution is 0.669. The van der Waals surface area contributed by atoms with Crippen LogP contribution in [0.4, 0.5) is 0 Å². The van der Waals surface area contributed by atoms with Crippen LogP contribution in [0, 0.1) is 11.3 Å². The Morgan fingerprint density at radius 2 is 1.04 bits per heavy atom. The van der Waals surface area contributed by atoms with Crippen LogP contribution in [0.5, 0.6) is 0 Å². The van der Waals surface area contributed by atoms with E-state index in [1.54, 1.807) is 0 Å². The van der Waals surface area contributed by atoms with E-state index < -0.39 is 0 Å². The first-order valence-corrected chi connectivity index (χ1v) is 15.7. The summed E-state index contributed by atoms with van der Waals surface area (Å²) >= 11 is 0. The third-order valence-electron chi connectivity index (χ3n) is 9.55. The summed E-state index contributed by atoms with van der Waals surface area (Å²) in [4.78, 5) is 0. The maximum absolute atomic E-state index is 10.4. The standard InChI is InChI=1S/C43H25N3O/c44-26-29-21-20-28(27-10-9-11-30(22-27)45-37-16-5-1-12-31(37)32-13-2-6-17-38(32)45)23-40(29)46-39-18-7-3-14-33(39)35-25-43-36(24-41(35)46)34-15-4-8-19-42(34)47-43/h1-25H. The van der Waals surface area contributed by atoms with Crippen molar-refractivity contribution in [3.05, 3.63) is 157 Å². The highest BCUT2D eigenvalue weighted by Crippen LogP contribution is 2.40. The van der Waals surface area contributed by atoms with Gasteiger partial charge in [-0.2, -0.15) is 5.26 Å². The molecule has 0 atom stereocenters. The Balaban J connectivity index is 1.21. The van der Waals surface area contributed by atoms with E-state index in [-0.39, 0.29) is 0 Å². The Kier molecular flexibility index (Phi) is 5.32. The number of furan rings is 1. The van der Waals surface area contributed by atoms with Gasteiger partial charge < -0.3 is 13.6 Å². The van der Waals surface area contributed by atoms with E-state index in [1.165, 1.54) is 21.8 Å². The fraction of sp³-hybridized carbons (Fsp3) is 0. The van der Waals surface area contributed by atoms with Gasteiger partial charge in [0.2, 0.25) is 0 Å². The van der Waals surface area contributed by atoms with Crippen LogP contribution in [-0.2, 0) is 0 Å². The second-order valence-electron chi connectivity index (χ2n) is 12.1. The molecule has 0 spiro atoms. The van der Waals surface area contributed by atoms with Crippen molar-refractivity contribution in [1.29, 1.82) is 5.26 Å². The highest BCUT2D eigenvalue weighted by atomic mass is 16.3. The van der Waals surface area contributed by atoms with E-state index in [4.69, 9.17) is 4.42 Å². The van der Waals surface area contributed by atoms with Crippen molar-refractivity contribution >= 4 is 65.6 Å². The molecule has 0 saturated heterocycles. The van der Waals surface area contributed by atoms with Crippen molar-refractivity contribution in [3.63, 3.8) is 0 Å². The van der Waals surface area contributed by atoms with Crippen LogP contribution in [0.15, 0.2) is 156 Å². The summed E-state index contributed by atoms with van der Waals surface area (Å²) in [6, 6.07) is 55.4. The second-order valence-corrected chi connectivity index (χ2v) is 12.1. The predicted molar refractivity (Wildman–Crippen MR) is 193 cm³/mol. The van der Waals surface area contributed by atoms with Crippen molar-refractivity contribution in [1.82, 2.24) is 9.13 Å². The van der Waals surface area contributed by atoms with Gasteiger partial charge in [-0.3, -0.25) is 0 Å². The van der Waals surface area contributed by atoms with Crippen molar-refractivity contribution in [3.8, 4) is 28.6 Å². The largest absolute Gasteiger partial charge is 0.456 e. The first-order valence-electron chi connectivity index (χ1n) is 15.7. The lowest BCUT2D eigenvalue weighted by atomic mass is 10.0. The molecule has 0 radical (unpaired) electrons. The number of hydrogen-bond acceptors (Lipinski definition) is 2. The highest BCUT2D eigenvalue weighted by molar-refractivity contribution is 6.17. The summed E-state index contributed by atoms with van der Waals surface area (Å²) in [5.74, 6) is 0. The lowest BCUT2D eigenvalue weighted by Crippen LogP contribution is -1.99. The Morgan fingerprint density at radius 3 is 1.77 bits per heavy atom. The van der Waals surface area contributed by atoms with Crippen LogP contribution < -0.4 is 0 Å². The first kappa shape index (κ1) is 25.7. The van der Waals surface area contributed by atoms with Crippen LogP contribution in [0.1, 0.15) is 5.56 Å². The summed E-state index contributed by atoms with van der Waals surface area (Å²) in [5.41, 5.74) is 10.9. The molecule has 0 aliphatic carbocycles. The molecule has 3 heterocycles. The monoisotopic (exact) mass is 599 g/mol. The molecule has 0 amide bonds. The molecular weight excluding hydrogens is 574 g/mol. The topological polar surface area (TPSA) is 46.8 Å². The highest BCUT2D eigenvalue weighted by Gasteiger charge is 2.19. The molecule has 3 aromatic heterocycles. The molecule has 4 nitrogen and oxygen atoms in total. The zero-order valence-electron chi connectivity index (χ0n) is 25.2. The summed E-state index contributed by atoms with van der Waals surface area (Å²) in [6.07, 6.45) is 0. The fourth-order valence-corrected chi connectivity index (χ4v) is 7.46. The number of para-hydroxylation sites is 4. The molecule has 0 saturated carbocycles. The van der Waals surface area contributed by atoms with E-state index in [0.29, 0.717) is 5.56 Å². The zero-order valence-corrected chi connectivity index (χ0v) is 25.2. The lowest BCUT2D eigenvalue weighted by Gasteiger charge is -2.14. The van der Waals surface area contributed by atoms with Crippen LogP contribution >= 0.6 is 0 Å². The molecule has 0 aliphatic heterocycles. The number of nitriles is 1. The molecule has 10 rings (SSSR count). The predicted octanol–water partition coefficient (Wildman–Crippen LogP) is 11.3. The molecule has 218 valence electrons. The Hall–Kier alpha value is -6.57. The smallest absolute Gasteiger partial charge is 0.136 e. The third-order valence-corrected chi connectivity index (χ3v) is 9.55. The van der Waals surface area contributed by atoms with Crippen LogP contribution in [0.25, 0.3) is 88.1 Å². The Bertz CT molecular complexity index is 2880. The fourth-order valence-electron chi connectivity index (χ4n) is 7.46. The molecular formula is C43H25N3O. The summed E-state index contributed by atoms with van der Waals surface area (Å²) < 4.78 is 10.9. The average Bonchev–Trinajstić information content (AvgIpc) is 3.78. The van der Waals surface area contributed by atoms with Crippen LogP contribution in [0.3, 0.4) is 0 Å².